The SMILES string of the molecule is CC(C)COC(=O)/C=C/C(=O)OCC(C)C. The minimum absolute atomic E-state index is 0.283. The summed E-state index contributed by atoms with van der Waals surface area (Å²) in [5.41, 5.74) is 0. The van der Waals surface area contributed by atoms with Crippen LogP contribution in [-0.4, -0.2) is 25.2 Å². The van der Waals surface area contributed by atoms with Crippen LogP contribution in [0.5, 0.6) is 0 Å². The molecule has 0 unspecified atom stereocenters. The predicted octanol–water partition coefficient (Wildman–Crippen LogP) is 1.94. The third-order valence-corrected chi connectivity index (χ3v) is 1.47. The van der Waals surface area contributed by atoms with Crippen LogP contribution in [0.4, 0.5) is 0 Å². The average Bonchev–Trinajstić information content (AvgIpc) is 2.20. The second-order valence-electron chi connectivity index (χ2n) is 4.38. The summed E-state index contributed by atoms with van der Waals surface area (Å²) in [6.45, 7) is 8.46. The van der Waals surface area contributed by atoms with Gasteiger partial charge in [0.2, 0.25) is 0 Å². The summed E-state index contributed by atoms with van der Waals surface area (Å²) >= 11 is 0. The number of carbonyl (C=O) groups excluding carboxylic acids is 2. The monoisotopic (exact) mass is 228 g/mol. The van der Waals surface area contributed by atoms with Crippen LogP contribution in [-0.2, 0) is 19.1 Å². The summed E-state index contributed by atoms with van der Waals surface area (Å²) in [6.07, 6.45) is 2.18. The third kappa shape index (κ3) is 9.24. The van der Waals surface area contributed by atoms with Gasteiger partial charge in [-0.3, -0.25) is 0 Å². The molecule has 0 aromatic carbocycles. The predicted molar refractivity (Wildman–Crippen MR) is 60.7 cm³/mol. The van der Waals surface area contributed by atoms with Crippen LogP contribution < -0.4 is 0 Å². The summed E-state index contributed by atoms with van der Waals surface area (Å²) < 4.78 is 9.69. The fourth-order valence-corrected chi connectivity index (χ4v) is 0.730. The van der Waals surface area contributed by atoms with Crippen molar-refractivity contribution in [2.75, 3.05) is 13.2 Å². The molecule has 92 valence electrons. The van der Waals surface area contributed by atoms with Gasteiger partial charge >= 0.3 is 11.9 Å². The van der Waals surface area contributed by atoms with E-state index in [1.807, 2.05) is 27.7 Å². The molecule has 0 spiro atoms. The van der Waals surface area contributed by atoms with E-state index in [-0.39, 0.29) is 11.8 Å². The number of carbonyl (C=O) groups is 2. The van der Waals surface area contributed by atoms with Crippen molar-refractivity contribution in [1.29, 1.82) is 0 Å². The molecule has 0 aromatic rings. The number of hydrogen-bond donors (Lipinski definition) is 0. The Balaban J connectivity index is 3.80. The molecule has 0 aliphatic heterocycles. The van der Waals surface area contributed by atoms with E-state index in [0.717, 1.165) is 12.2 Å². The van der Waals surface area contributed by atoms with Gasteiger partial charge in [0.25, 0.3) is 0 Å². The molecule has 4 nitrogen and oxygen atoms in total. The Morgan fingerprint density at radius 1 is 0.875 bits per heavy atom. The highest BCUT2D eigenvalue weighted by Gasteiger charge is 2.03. The zero-order valence-corrected chi connectivity index (χ0v) is 10.4. The van der Waals surface area contributed by atoms with Gasteiger partial charge in [-0.15, -0.1) is 0 Å². The number of esters is 2. The van der Waals surface area contributed by atoms with Gasteiger partial charge in [0.15, 0.2) is 0 Å². The van der Waals surface area contributed by atoms with E-state index in [9.17, 15) is 9.59 Å². The van der Waals surface area contributed by atoms with Crippen LogP contribution in [0.3, 0.4) is 0 Å². The van der Waals surface area contributed by atoms with Crippen LogP contribution in [0, 0.1) is 11.8 Å². The van der Waals surface area contributed by atoms with E-state index in [4.69, 9.17) is 9.47 Å². The van der Waals surface area contributed by atoms with Crippen molar-refractivity contribution in [2.24, 2.45) is 11.8 Å². The molecule has 0 saturated heterocycles. The topological polar surface area (TPSA) is 52.6 Å². The van der Waals surface area contributed by atoms with Gasteiger partial charge in [-0.1, -0.05) is 27.7 Å². The van der Waals surface area contributed by atoms with Gasteiger partial charge < -0.3 is 9.47 Å². The lowest BCUT2D eigenvalue weighted by atomic mass is 10.2. The zero-order chi connectivity index (χ0) is 12.6. The summed E-state index contributed by atoms with van der Waals surface area (Å²) in [6, 6.07) is 0. The Hall–Kier alpha value is -1.32. The largest absolute Gasteiger partial charge is 0.462 e. The summed E-state index contributed by atoms with van der Waals surface area (Å²) in [4.78, 5) is 22.1. The lowest BCUT2D eigenvalue weighted by Crippen LogP contribution is -2.10. The molecule has 0 atom stereocenters. The van der Waals surface area contributed by atoms with Gasteiger partial charge in [-0.05, 0) is 11.8 Å². The van der Waals surface area contributed by atoms with Gasteiger partial charge in [-0.2, -0.15) is 0 Å². The van der Waals surface area contributed by atoms with E-state index in [2.05, 4.69) is 0 Å². The first kappa shape index (κ1) is 14.7. The van der Waals surface area contributed by atoms with E-state index in [1.165, 1.54) is 0 Å². The fraction of sp³-hybridized carbons (Fsp3) is 0.667. The minimum Gasteiger partial charge on any atom is -0.462 e. The molecule has 0 aromatic heterocycles. The maximum Gasteiger partial charge on any atom is 0.331 e. The van der Waals surface area contributed by atoms with Crippen molar-refractivity contribution in [1.82, 2.24) is 0 Å². The smallest absolute Gasteiger partial charge is 0.331 e. The van der Waals surface area contributed by atoms with Crippen molar-refractivity contribution in [3.8, 4) is 0 Å². The molecule has 0 aliphatic rings. The van der Waals surface area contributed by atoms with Crippen molar-refractivity contribution < 1.29 is 19.1 Å². The highest BCUT2D eigenvalue weighted by molar-refractivity contribution is 5.91. The molecule has 0 radical (unpaired) electrons. The Morgan fingerprint density at radius 3 is 1.44 bits per heavy atom. The van der Waals surface area contributed by atoms with Gasteiger partial charge in [0.05, 0.1) is 13.2 Å². The number of rotatable bonds is 6. The Morgan fingerprint density at radius 2 is 1.19 bits per heavy atom. The first-order chi connectivity index (χ1) is 7.41. The Bertz CT molecular complexity index is 228. The van der Waals surface area contributed by atoms with Gasteiger partial charge in [0, 0.05) is 12.2 Å². The molecule has 0 aliphatic carbocycles. The Kier molecular flexibility index (Phi) is 7.25. The van der Waals surface area contributed by atoms with Crippen molar-refractivity contribution in [2.45, 2.75) is 27.7 Å². The van der Waals surface area contributed by atoms with E-state index in [0.29, 0.717) is 13.2 Å². The van der Waals surface area contributed by atoms with Crippen LogP contribution >= 0.6 is 0 Å². The molecule has 0 N–H and O–H groups in total. The second kappa shape index (κ2) is 7.91. The summed E-state index contributed by atoms with van der Waals surface area (Å²) in [7, 11) is 0. The fourth-order valence-electron chi connectivity index (χ4n) is 0.730. The molecule has 0 amide bonds. The lowest BCUT2D eigenvalue weighted by Gasteiger charge is -2.05. The van der Waals surface area contributed by atoms with E-state index < -0.39 is 11.9 Å². The third-order valence-electron chi connectivity index (χ3n) is 1.47. The molecular formula is C12H20O4. The molecule has 0 bridgehead atoms. The first-order valence-corrected chi connectivity index (χ1v) is 5.43. The van der Waals surface area contributed by atoms with Crippen LogP contribution in [0.1, 0.15) is 27.7 Å². The molecule has 0 fully saturated rings. The lowest BCUT2D eigenvalue weighted by molar-refractivity contribution is -0.141. The molecule has 16 heavy (non-hydrogen) atoms. The minimum atomic E-state index is -0.518. The highest BCUT2D eigenvalue weighted by atomic mass is 16.5. The van der Waals surface area contributed by atoms with E-state index >= 15 is 0 Å². The average molecular weight is 228 g/mol. The molecular weight excluding hydrogens is 208 g/mol. The molecule has 0 saturated carbocycles. The van der Waals surface area contributed by atoms with Crippen molar-refractivity contribution in [3.63, 3.8) is 0 Å². The summed E-state index contributed by atoms with van der Waals surface area (Å²) in [5.74, 6) is -0.471. The van der Waals surface area contributed by atoms with Gasteiger partial charge in [0.1, 0.15) is 0 Å². The van der Waals surface area contributed by atoms with E-state index in [1.54, 1.807) is 0 Å². The number of ether oxygens (including phenoxy) is 2. The van der Waals surface area contributed by atoms with Crippen molar-refractivity contribution in [3.05, 3.63) is 12.2 Å². The summed E-state index contributed by atoms with van der Waals surface area (Å²) in [5, 5.41) is 0. The Labute approximate surface area is 96.6 Å². The zero-order valence-electron chi connectivity index (χ0n) is 10.4. The quantitative estimate of drug-likeness (QED) is 0.515. The van der Waals surface area contributed by atoms with Crippen LogP contribution in [0.25, 0.3) is 0 Å². The maximum atomic E-state index is 11.1. The highest BCUT2D eigenvalue weighted by Crippen LogP contribution is 1.95. The molecule has 4 heteroatoms. The molecule has 0 rings (SSSR count). The molecule has 0 heterocycles. The number of hydrogen-bond acceptors (Lipinski definition) is 4. The standard InChI is InChI=1S/C12H20O4/c1-9(2)7-15-11(13)5-6-12(14)16-8-10(3)4/h5-6,9-10H,7-8H2,1-4H3/b6-5+. The second-order valence-corrected chi connectivity index (χ2v) is 4.38. The van der Waals surface area contributed by atoms with Crippen LogP contribution in [0.15, 0.2) is 12.2 Å². The van der Waals surface area contributed by atoms with Crippen molar-refractivity contribution >= 4 is 11.9 Å². The maximum absolute atomic E-state index is 11.1. The van der Waals surface area contributed by atoms with Crippen LogP contribution in [0.2, 0.25) is 0 Å². The van der Waals surface area contributed by atoms with Gasteiger partial charge in [-0.25, -0.2) is 9.59 Å². The normalized spacial score (nSPS) is 11.1. The first-order valence-electron chi connectivity index (χ1n) is 5.43.